The molecule has 0 unspecified atom stereocenters. The average Bonchev–Trinajstić information content (AvgIpc) is 2.88. The molecular weight excluding hydrogens is 332 g/mol. The highest BCUT2D eigenvalue weighted by Gasteiger charge is 2.58. The Hall–Kier alpha value is 0.0769. The minimum atomic E-state index is -1.84. The van der Waals surface area contributed by atoms with Crippen molar-refractivity contribution in [2.24, 2.45) is 0 Å². The van der Waals surface area contributed by atoms with Crippen LogP contribution in [-0.4, -0.2) is 56.5 Å². The molecule has 0 amide bonds. The van der Waals surface area contributed by atoms with Gasteiger partial charge in [-0.25, -0.2) is 0 Å². The number of fused-ring (bicyclic) bond motifs is 1. The fourth-order valence-electron chi connectivity index (χ4n) is 2.56. The molecule has 0 aromatic heterocycles. The Morgan fingerprint density at radius 3 is 2.52 bits per heavy atom. The summed E-state index contributed by atoms with van der Waals surface area (Å²) in [5.74, 6) is 0.113. The predicted molar refractivity (Wildman–Crippen MR) is 94.2 cm³/mol. The molecule has 2 saturated heterocycles. The quantitative estimate of drug-likeness (QED) is 0.313. The Morgan fingerprint density at radius 2 is 1.96 bits per heavy atom. The molecule has 2 heterocycles. The Bertz CT molecular complexity index is 448. The van der Waals surface area contributed by atoms with Gasteiger partial charge in [0.25, 0.3) is 0 Å². The van der Waals surface area contributed by atoms with E-state index in [1.165, 1.54) is 0 Å². The third-order valence-electron chi connectivity index (χ3n) is 5.02. The standard InChI is InChI=1S/C16H30O5SSi/c1-14(2,3)23(6,7)19-11-18-10-16(9-17)13-12(8-22-16)20-15(4,5)21-13/h9,12-13H,8,10-11H2,1-7H3/t12-,13-,16+/m0/s1. The van der Waals surface area contributed by atoms with Crippen LogP contribution in [0.5, 0.6) is 0 Å². The smallest absolute Gasteiger partial charge is 0.195 e. The Kier molecular flexibility index (Phi) is 5.42. The van der Waals surface area contributed by atoms with E-state index in [0.717, 1.165) is 12.0 Å². The van der Waals surface area contributed by atoms with Crippen molar-refractivity contribution in [1.82, 2.24) is 0 Å². The molecule has 0 spiro atoms. The van der Waals surface area contributed by atoms with E-state index in [1.54, 1.807) is 11.8 Å². The van der Waals surface area contributed by atoms with Crippen LogP contribution in [0.4, 0.5) is 0 Å². The second-order valence-electron chi connectivity index (χ2n) is 8.35. The molecule has 0 aromatic rings. The first-order valence-electron chi connectivity index (χ1n) is 8.10. The first-order valence-corrected chi connectivity index (χ1v) is 12.0. The fourth-order valence-corrected chi connectivity index (χ4v) is 4.68. The van der Waals surface area contributed by atoms with Gasteiger partial charge < -0.3 is 23.4 Å². The number of aldehydes is 1. The Balaban J connectivity index is 1.90. The molecule has 0 radical (unpaired) electrons. The maximum atomic E-state index is 11.8. The van der Waals surface area contributed by atoms with Crippen LogP contribution in [0.3, 0.4) is 0 Å². The van der Waals surface area contributed by atoms with Gasteiger partial charge in [0.2, 0.25) is 0 Å². The third-order valence-corrected chi connectivity index (χ3v) is 10.9. The van der Waals surface area contributed by atoms with Gasteiger partial charge in [0.1, 0.15) is 23.9 Å². The minimum absolute atomic E-state index is 0.0508. The second kappa shape index (κ2) is 6.42. The van der Waals surface area contributed by atoms with Gasteiger partial charge in [-0.2, -0.15) is 0 Å². The lowest BCUT2D eigenvalue weighted by molar-refractivity contribution is -0.152. The number of ether oxygens (including phenoxy) is 3. The van der Waals surface area contributed by atoms with Crippen molar-refractivity contribution in [3.63, 3.8) is 0 Å². The summed E-state index contributed by atoms with van der Waals surface area (Å²) in [4.78, 5) is 11.8. The molecule has 0 aliphatic carbocycles. The van der Waals surface area contributed by atoms with Crippen molar-refractivity contribution >= 4 is 26.4 Å². The molecule has 2 aliphatic rings. The van der Waals surface area contributed by atoms with Crippen LogP contribution in [0.1, 0.15) is 34.6 Å². The SMILES string of the molecule is CC1(C)O[C@H]2CS[C@](C=O)(COCO[Si](C)(C)C(C)(C)C)[C@H]2O1. The van der Waals surface area contributed by atoms with E-state index in [9.17, 15) is 4.79 Å². The van der Waals surface area contributed by atoms with E-state index in [4.69, 9.17) is 18.6 Å². The molecule has 0 bridgehead atoms. The summed E-state index contributed by atoms with van der Waals surface area (Å²) >= 11 is 1.56. The summed E-state index contributed by atoms with van der Waals surface area (Å²) in [5.41, 5.74) is 0. The van der Waals surface area contributed by atoms with E-state index in [-0.39, 0.29) is 30.6 Å². The molecule has 0 N–H and O–H groups in total. The van der Waals surface area contributed by atoms with E-state index in [2.05, 4.69) is 33.9 Å². The predicted octanol–water partition coefficient (Wildman–Crippen LogP) is 3.19. The molecule has 134 valence electrons. The number of thioether (sulfide) groups is 1. The first-order chi connectivity index (χ1) is 10.4. The average molecular weight is 363 g/mol. The molecular formula is C16H30O5SSi. The van der Waals surface area contributed by atoms with E-state index >= 15 is 0 Å². The molecule has 2 aliphatic heterocycles. The first kappa shape index (κ1) is 19.4. The Morgan fingerprint density at radius 1 is 1.30 bits per heavy atom. The lowest BCUT2D eigenvalue weighted by Crippen LogP contribution is -2.46. The topological polar surface area (TPSA) is 54.0 Å². The minimum Gasteiger partial charge on any atom is -0.395 e. The van der Waals surface area contributed by atoms with Crippen LogP contribution < -0.4 is 0 Å². The summed E-state index contributed by atoms with van der Waals surface area (Å²) in [7, 11) is -1.84. The summed E-state index contributed by atoms with van der Waals surface area (Å²) < 4.78 is 22.9. The third kappa shape index (κ3) is 4.02. The highest BCUT2D eigenvalue weighted by Crippen LogP contribution is 2.47. The lowest BCUT2D eigenvalue weighted by Gasteiger charge is -2.36. The van der Waals surface area contributed by atoms with E-state index < -0.39 is 18.9 Å². The lowest BCUT2D eigenvalue weighted by atomic mass is 10.0. The molecule has 0 saturated carbocycles. The maximum Gasteiger partial charge on any atom is 0.195 e. The molecule has 5 nitrogen and oxygen atoms in total. The van der Waals surface area contributed by atoms with Crippen molar-refractivity contribution in [1.29, 1.82) is 0 Å². The summed E-state index contributed by atoms with van der Waals surface area (Å²) in [6.07, 6.45) is 0.650. The number of rotatable bonds is 6. The normalized spacial score (nSPS) is 33.7. The molecule has 3 atom stereocenters. The van der Waals surface area contributed by atoms with Gasteiger partial charge in [-0.05, 0) is 32.0 Å². The zero-order valence-corrected chi connectivity index (χ0v) is 17.1. The summed E-state index contributed by atoms with van der Waals surface area (Å²) in [5, 5.41) is 0.137. The van der Waals surface area contributed by atoms with Crippen molar-refractivity contribution in [3.05, 3.63) is 0 Å². The highest BCUT2D eigenvalue weighted by atomic mass is 32.2. The number of carbonyl (C=O) groups excluding carboxylic acids is 1. The van der Waals surface area contributed by atoms with E-state index in [0.29, 0.717) is 0 Å². The summed E-state index contributed by atoms with van der Waals surface area (Å²) in [6.45, 7) is 15.2. The van der Waals surface area contributed by atoms with Gasteiger partial charge in [-0.3, -0.25) is 0 Å². The van der Waals surface area contributed by atoms with Gasteiger partial charge in [0.05, 0.1) is 12.7 Å². The molecule has 2 fully saturated rings. The molecule has 0 aromatic carbocycles. The molecule has 23 heavy (non-hydrogen) atoms. The van der Waals surface area contributed by atoms with E-state index in [1.807, 2.05) is 13.8 Å². The van der Waals surface area contributed by atoms with Crippen LogP contribution in [0.2, 0.25) is 18.1 Å². The maximum absolute atomic E-state index is 11.8. The zero-order chi connectivity index (χ0) is 17.5. The van der Waals surface area contributed by atoms with Gasteiger partial charge in [0, 0.05) is 5.75 Å². The Labute approximate surface area is 144 Å². The monoisotopic (exact) mass is 362 g/mol. The molecule has 7 heteroatoms. The van der Waals surface area contributed by atoms with Crippen molar-refractivity contribution < 1.29 is 23.4 Å². The van der Waals surface area contributed by atoms with Crippen LogP contribution in [0, 0.1) is 0 Å². The second-order valence-corrected chi connectivity index (χ2v) is 14.5. The van der Waals surface area contributed by atoms with Crippen molar-refractivity contribution in [2.45, 2.75) is 75.5 Å². The van der Waals surface area contributed by atoms with Crippen LogP contribution in [-0.2, 0) is 23.4 Å². The van der Waals surface area contributed by atoms with Crippen LogP contribution in [0.25, 0.3) is 0 Å². The fraction of sp³-hybridized carbons (Fsp3) is 0.938. The number of carbonyl (C=O) groups is 1. The summed E-state index contributed by atoms with van der Waals surface area (Å²) in [6, 6.07) is 0. The van der Waals surface area contributed by atoms with Crippen molar-refractivity contribution in [3.8, 4) is 0 Å². The number of hydrogen-bond acceptors (Lipinski definition) is 6. The highest BCUT2D eigenvalue weighted by molar-refractivity contribution is 8.01. The zero-order valence-electron chi connectivity index (χ0n) is 15.3. The van der Waals surface area contributed by atoms with Gasteiger partial charge in [-0.1, -0.05) is 20.8 Å². The molecule has 2 rings (SSSR count). The van der Waals surface area contributed by atoms with Gasteiger partial charge in [-0.15, -0.1) is 11.8 Å². The van der Waals surface area contributed by atoms with Gasteiger partial charge in [0.15, 0.2) is 14.1 Å². The van der Waals surface area contributed by atoms with Crippen molar-refractivity contribution in [2.75, 3.05) is 19.2 Å². The number of hydrogen-bond donors (Lipinski definition) is 0. The van der Waals surface area contributed by atoms with Crippen LogP contribution in [0.15, 0.2) is 0 Å². The van der Waals surface area contributed by atoms with Gasteiger partial charge >= 0.3 is 0 Å². The largest absolute Gasteiger partial charge is 0.395 e. The van der Waals surface area contributed by atoms with Crippen LogP contribution >= 0.6 is 11.8 Å².